The van der Waals surface area contributed by atoms with Gasteiger partial charge in [0.25, 0.3) is 0 Å². The molecule has 0 fully saturated rings. The Morgan fingerprint density at radius 3 is 2.20 bits per heavy atom. The van der Waals surface area contributed by atoms with Crippen molar-refractivity contribution in [3.63, 3.8) is 0 Å². The maximum absolute atomic E-state index is 2.47. The molecule has 0 aromatic carbocycles. The SMILES string of the molecule is CC1=CCCC(C)(C)[C@H]1CC/C(C)=C/CC/C(C)=C/C=C/C=C(C)/C=C\C=C(C)\C=C\C1=C(C)CCCC1(C)C. The second kappa shape index (κ2) is 16.2. The maximum atomic E-state index is 2.47. The minimum absolute atomic E-state index is 0.298. The molecule has 0 heterocycles. The second-order valence-electron chi connectivity index (χ2n) is 14.0. The summed E-state index contributed by atoms with van der Waals surface area (Å²) in [5.74, 6) is 0.737. The molecule has 0 nitrogen and oxygen atoms in total. The van der Waals surface area contributed by atoms with Crippen LogP contribution in [0.15, 0.2) is 106 Å². The van der Waals surface area contributed by atoms with E-state index in [-0.39, 0.29) is 0 Å². The number of hydrogen-bond donors (Lipinski definition) is 0. The molecule has 2 rings (SSSR count). The molecule has 2 aliphatic rings. The van der Waals surface area contributed by atoms with Gasteiger partial charge in [-0.05, 0) is 122 Å². The van der Waals surface area contributed by atoms with Crippen molar-refractivity contribution in [1.82, 2.24) is 0 Å². The van der Waals surface area contributed by atoms with Gasteiger partial charge in [-0.1, -0.05) is 128 Å². The number of allylic oxidation sites excluding steroid dienone is 18. The lowest BCUT2D eigenvalue weighted by Gasteiger charge is -2.38. The molecule has 0 unspecified atom stereocenters. The molecule has 0 aromatic heterocycles. The largest absolute Gasteiger partial charge is 0.0853 e. The first-order valence-corrected chi connectivity index (χ1v) is 15.9. The van der Waals surface area contributed by atoms with E-state index in [9.17, 15) is 0 Å². The molecule has 0 N–H and O–H groups in total. The smallest absolute Gasteiger partial charge is 0.0104 e. The van der Waals surface area contributed by atoms with E-state index in [2.05, 4.69) is 136 Å². The zero-order valence-corrected chi connectivity index (χ0v) is 27.8. The van der Waals surface area contributed by atoms with Crippen LogP contribution in [0.2, 0.25) is 0 Å². The molecule has 0 amide bonds. The molecule has 0 aliphatic heterocycles. The summed E-state index contributed by atoms with van der Waals surface area (Å²) in [5, 5.41) is 0. The van der Waals surface area contributed by atoms with Gasteiger partial charge >= 0.3 is 0 Å². The quantitative estimate of drug-likeness (QED) is 0.170. The third-order valence-corrected chi connectivity index (χ3v) is 9.23. The summed E-state index contributed by atoms with van der Waals surface area (Å²) in [6, 6.07) is 0. The average molecular weight is 541 g/mol. The van der Waals surface area contributed by atoms with Crippen LogP contribution < -0.4 is 0 Å². The summed E-state index contributed by atoms with van der Waals surface area (Å²) >= 11 is 0. The van der Waals surface area contributed by atoms with E-state index in [1.54, 1.807) is 16.7 Å². The van der Waals surface area contributed by atoms with Crippen molar-refractivity contribution in [3.8, 4) is 0 Å². The van der Waals surface area contributed by atoms with Crippen molar-refractivity contribution in [2.75, 3.05) is 0 Å². The molecule has 0 bridgehead atoms. The zero-order chi connectivity index (χ0) is 29.8. The van der Waals surface area contributed by atoms with Crippen molar-refractivity contribution in [2.45, 2.75) is 127 Å². The van der Waals surface area contributed by atoms with E-state index in [0.29, 0.717) is 10.8 Å². The van der Waals surface area contributed by atoms with Gasteiger partial charge in [-0.2, -0.15) is 0 Å². The van der Waals surface area contributed by atoms with Crippen LogP contribution in [0.5, 0.6) is 0 Å². The molecule has 0 saturated carbocycles. The van der Waals surface area contributed by atoms with Crippen molar-refractivity contribution < 1.29 is 0 Å². The first-order valence-electron chi connectivity index (χ1n) is 15.9. The number of rotatable bonds is 12. The lowest BCUT2D eigenvalue weighted by molar-refractivity contribution is 0.204. The summed E-state index contributed by atoms with van der Waals surface area (Å²) < 4.78 is 0. The van der Waals surface area contributed by atoms with Crippen molar-refractivity contribution in [1.29, 1.82) is 0 Å². The Kier molecular flexibility index (Phi) is 13.7. The molecular formula is C40H60. The first kappa shape index (κ1) is 33.9. The van der Waals surface area contributed by atoms with Crippen LogP contribution in [0.4, 0.5) is 0 Å². The Balaban J connectivity index is 1.78. The van der Waals surface area contributed by atoms with Gasteiger partial charge in [-0.25, -0.2) is 0 Å². The highest BCUT2D eigenvalue weighted by molar-refractivity contribution is 5.37. The van der Waals surface area contributed by atoms with E-state index >= 15 is 0 Å². The summed E-state index contributed by atoms with van der Waals surface area (Å²) in [6.07, 6.45) is 36.1. The average Bonchev–Trinajstić information content (AvgIpc) is 2.85. The maximum Gasteiger partial charge on any atom is -0.0104 e. The van der Waals surface area contributed by atoms with Gasteiger partial charge in [0, 0.05) is 0 Å². The highest BCUT2D eigenvalue weighted by atomic mass is 14.4. The highest BCUT2D eigenvalue weighted by Gasteiger charge is 2.32. The third kappa shape index (κ3) is 11.6. The summed E-state index contributed by atoms with van der Waals surface area (Å²) in [6.45, 7) is 23.2. The molecule has 1 atom stereocenters. The van der Waals surface area contributed by atoms with Crippen LogP contribution >= 0.6 is 0 Å². The van der Waals surface area contributed by atoms with Gasteiger partial charge in [0.15, 0.2) is 0 Å². The standard InChI is InChI=1S/C40H60/c1-31(19-13-21-33(3)25-27-37-35(5)23-15-29-39(37,7)8)17-11-12-18-32(2)20-14-22-34(4)26-28-38-36(6)24-16-30-40(38,9)10/h11-13,17-19,21-22,24-25,27,38H,14-16,20,23,26,28-30H2,1-10H3/b12-11+,19-13-,27-25+,31-17+,32-18+,33-21+,34-22+/t38-/m0/s1. The molecule has 40 heavy (non-hydrogen) atoms. The Labute approximate surface area is 249 Å². The Bertz CT molecular complexity index is 1110. The predicted molar refractivity (Wildman–Crippen MR) is 182 cm³/mol. The van der Waals surface area contributed by atoms with Crippen molar-refractivity contribution >= 4 is 0 Å². The fourth-order valence-corrected chi connectivity index (χ4v) is 6.44. The molecule has 2 aliphatic carbocycles. The molecule has 0 aromatic rings. The van der Waals surface area contributed by atoms with Gasteiger partial charge in [0.1, 0.15) is 0 Å². The minimum atomic E-state index is 0.298. The Hall–Kier alpha value is -2.34. The summed E-state index contributed by atoms with van der Waals surface area (Å²) in [5.41, 5.74) is 11.0. The lowest BCUT2D eigenvalue weighted by atomic mass is 9.67. The van der Waals surface area contributed by atoms with Crippen LogP contribution in [0, 0.1) is 16.7 Å². The van der Waals surface area contributed by atoms with Gasteiger partial charge in [-0.15, -0.1) is 0 Å². The van der Waals surface area contributed by atoms with E-state index < -0.39 is 0 Å². The Morgan fingerprint density at radius 2 is 1.50 bits per heavy atom. The summed E-state index contributed by atoms with van der Waals surface area (Å²) in [4.78, 5) is 0. The van der Waals surface area contributed by atoms with Crippen LogP contribution in [0.3, 0.4) is 0 Å². The minimum Gasteiger partial charge on any atom is -0.0853 e. The van der Waals surface area contributed by atoms with Gasteiger partial charge < -0.3 is 0 Å². The monoisotopic (exact) mass is 540 g/mol. The number of hydrogen-bond acceptors (Lipinski definition) is 0. The van der Waals surface area contributed by atoms with Gasteiger partial charge in [0.05, 0.1) is 0 Å². The highest BCUT2D eigenvalue weighted by Crippen LogP contribution is 2.44. The molecule has 0 radical (unpaired) electrons. The predicted octanol–water partition coefficient (Wildman–Crippen LogP) is 12.9. The normalized spacial score (nSPS) is 23.1. The van der Waals surface area contributed by atoms with Crippen LogP contribution in [-0.2, 0) is 0 Å². The molecular weight excluding hydrogens is 480 g/mol. The molecule has 0 heteroatoms. The van der Waals surface area contributed by atoms with Crippen LogP contribution in [-0.4, -0.2) is 0 Å². The van der Waals surface area contributed by atoms with Gasteiger partial charge in [-0.3, -0.25) is 0 Å². The van der Waals surface area contributed by atoms with Gasteiger partial charge in [0.2, 0.25) is 0 Å². The molecule has 0 spiro atoms. The van der Waals surface area contributed by atoms with E-state index in [1.165, 1.54) is 67.2 Å². The van der Waals surface area contributed by atoms with E-state index in [4.69, 9.17) is 0 Å². The lowest BCUT2D eigenvalue weighted by Crippen LogP contribution is -2.27. The molecule has 220 valence electrons. The molecule has 0 saturated heterocycles. The van der Waals surface area contributed by atoms with Crippen molar-refractivity contribution in [2.24, 2.45) is 16.7 Å². The van der Waals surface area contributed by atoms with Crippen LogP contribution in [0.25, 0.3) is 0 Å². The fraction of sp³-hybridized carbons (Fsp3) is 0.550. The second-order valence-corrected chi connectivity index (χ2v) is 14.0. The topological polar surface area (TPSA) is 0 Å². The fourth-order valence-electron chi connectivity index (χ4n) is 6.44. The first-order chi connectivity index (χ1) is 18.8. The summed E-state index contributed by atoms with van der Waals surface area (Å²) in [7, 11) is 0. The van der Waals surface area contributed by atoms with E-state index in [1.807, 2.05) is 0 Å². The third-order valence-electron chi connectivity index (χ3n) is 9.23. The van der Waals surface area contributed by atoms with E-state index in [0.717, 1.165) is 18.8 Å². The Morgan fingerprint density at radius 1 is 0.825 bits per heavy atom. The van der Waals surface area contributed by atoms with Crippen LogP contribution in [0.1, 0.15) is 127 Å². The van der Waals surface area contributed by atoms with Crippen molar-refractivity contribution in [3.05, 3.63) is 106 Å². The zero-order valence-electron chi connectivity index (χ0n) is 27.8.